The summed E-state index contributed by atoms with van der Waals surface area (Å²) in [6.45, 7) is 2.22. The van der Waals surface area contributed by atoms with Crippen molar-refractivity contribution in [1.29, 1.82) is 0 Å². The monoisotopic (exact) mass is 260 g/mol. The average Bonchev–Trinajstić information content (AvgIpc) is 3.02. The molecule has 5 heteroatoms. The molecule has 19 heavy (non-hydrogen) atoms. The number of aromatic amines is 2. The molecule has 1 aliphatic heterocycles. The molecule has 0 unspecified atom stereocenters. The van der Waals surface area contributed by atoms with Crippen LogP contribution in [-0.4, -0.2) is 21.0 Å². The van der Waals surface area contributed by atoms with Gasteiger partial charge in [-0.2, -0.15) is 0 Å². The van der Waals surface area contributed by atoms with Gasteiger partial charge in [-0.25, -0.2) is 4.98 Å². The first-order valence-corrected chi connectivity index (χ1v) is 7.10. The Morgan fingerprint density at radius 1 is 1.37 bits per heavy atom. The Balaban J connectivity index is 1.82. The largest absolute Gasteiger partial charge is 0.355 e. The molecule has 0 bridgehead atoms. The van der Waals surface area contributed by atoms with E-state index in [1.54, 1.807) is 0 Å². The van der Waals surface area contributed by atoms with Crippen LogP contribution in [-0.2, 0) is 0 Å². The number of nitrogens with zero attached hydrogens (tertiary/aromatic N) is 1. The van der Waals surface area contributed by atoms with Crippen LogP contribution >= 0.6 is 0 Å². The van der Waals surface area contributed by atoms with Gasteiger partial charge in [0.2, 0.25) is 0 Å². The highest BCUT2D eigenvalue weighted by atomic mass is 16.1. The lowest BCUT2D eigenvalue weighted by Gasteiger charge is -2.13. The van der Waals surface area contributed by atoms with Crippen molar-refractivity contribution in [2.24, 2.45) is 0 Å². The SMILES string of the molecule is CCCC[C@@H]1CC[C@H](c2c[nH]c3c(=O)[nH]cnc23)N1. The Labute approximate surface area is 111 Å². The Morgan fingerprint density at radius 2 is 2.26 bits per heavy atom. The summed E-state index contributed by atoms with van der Waals surface area (Å²) in [6.07, 6.45) is 9.49. The molecule has 3 rings (SSSR count). The summed E-state index contributed by atoms with van der Waals surface area (Å²) in [7, 11) is 0. The number of H-pyrrole nitrogens is 2. The molecule has 0 aliphatic carbocycles. The minimum Gasteiger partial charge on any atom is -0.355 e. The van der Waals surface area contributed by atoms with Gasteiger partial charge in [0.1, 0.15) is 11.0 Å². The Bertz CT molecular complexity index is 615. The topological polar surface area (TPSA) is 73.6 Å². The van der Waals surface area contributed by atoms with Gasteiger partial charge in [-0.1, -0.05) is 19.8 Å². The molecule has 2 aromatic rings. The zero-order chi connectivity index (χ0) is 13.2. The van der Waals surface area contributed by atoms with Gasteiger partial charge in [-0.15, -0.1) is 0 Å². The third-order valence-electron chi connectivity index (χ3n) is 4.02. The molecule has 5 nitrogen and oxygen atoms in total. The highest BCUT2D eigenvalue weighted by molar-refractivity contribution is 5.78. The van der Waals surface area contributed by atoms with Gasteiger partial charge >= 0.3 is 0 Å². The molecule has 1 aliphatic rings. The van der Waals surface area contributed by atoms with E-state index in [0.29, 0.717) is 17.6 Å². The van der Waals surface area contributed by atoms with Gasteiger partial charge in [0.05, 0.1) is 6.33 Å². The van der Waals surface area contributed by atoms with Crippen molar-refractivity contribution in [1.82, 2.24) is 20.3 Å². The van der Waals surface area contributed by atoms with E-state index in [2.05, 4.69) is 27.2 Å². The number of unbranched alkanes of at least 4 members (excludes halogenated alkanes) is 1. The van der Waals surface area contributed by atoms with Crippen molar-refractivity contribution in [3.63, 3.8) is 0 Å². The summed E-state index contributed by atoms with van der Waals surface area (Å²) in [5, 5.41) is 3.67. The van der Waals surface area contributed by atoms with E-state index in [0.717, 1.165) is 17.5 Å². The summed E-state index contributed by atoms with van der Waals surface area (Å²) in [5.74, 6) is 0. The first kappa shape index (κ1) is 12.4. The molecule has 102 valence electrons. The Kier molecular flexibility index (Phi) is 3.38. The van der Waals surface area contributed by atoms with Crippen molar-refractivity contribution < 1.29 is 0 Å². The third kappa shape index (κ3) is 2.30. The smallest absolute Gasteiger partial charge is 0.275 e. The maximum atomic E-state index is 11.7. The molecular weight excluding hydrogens is 240 g/mol. The summed E-state index contributed by atoms with van der Waals surface area (Å²) in [5.41, 5.74) is 2.41. The second-order valence-corrected chi connectivity index (χ2v) is 5.34. The van der Waals surface area contributed by atoms with Crippen LogP contribution in [0.15, 0.2) is 17.3 Å². The highest BCUT2D eigenvalue weighted by Gasteiger charge is 2.26. The van der Waals surface area contributed by atoms with Crippen LogP contribution < -0.4 is 10.9 Å². The second-order valence-electron chi connectivity index (χ2n) is 5.34. The molecule has 2 atom stereocenters. The van der Waals surface area contributed by atoms with Gasteiger partial charge in [0.15, 0.2) is 0 Å². The van der Waals surface area contributed by atoms with Crippen LogP contribution in [0.3, 0.4) is 0 Å². The normalized spacial score (nSPS) is 23.2. The fourth-order valence-corrected chi connectivity index (χ4v) is 2.98. The van der Waals surface area contributed by atoms with Crippen LogP contribution in [0.5, 0.6) is 0 Å². The number of hydrogen-bond donors (Lipinski definition) is 3. The zero-order valence-electron chi connectivity index (χ0n) is 11.2. The second kappa shape index (κ2) is 5.17. The summed E-state index contributed by atoms with van der Waals surface area (Å²) < 4.78 is 0. The highest BCUT2D eigenvalue weighted by Crippen LogP contribution is 2.31. The van der Waals surface area contributed by atoms with Crippen molar-refractivity contribution in [2.45, 2.75) is 51.1 Å². The molecule has 0 saturated carbocycles. The average molecular weight is 260 g/mol. The molecule has 3 heterocycles. The van der Waals surface area contributed by atoms with Crippen molar-refractivity contribution in [2.75, 3.05) is 0 Å². The zero-order valence-corrected chi connectivity index (χ0v) is 11.2. The molecule has 0 radical (unpaired) electrons. The van der Waals surface area contributed by atoms with Gasteiger partial charge in [-0.05, 0) is 19.3 Å². The summed E-state index contributed by atoms with van der Waals surface area (Å²) >= 11 is 0. The van der Waals surface area contributed by atoms with Crippen LogP contribution in [0, 0.1) is 0 Å². The third-order valence-corrected chi connectivity index (χ3v) is 4.02. The van der Waals surface area contributed by atoms with Gasteiger partial charge in [-0.3, -0.25) is 4.79 Å². The molecule has 1 saturated heterocycles. The summed E-state index contributed by atoms with van der Waals surface area (Å²) in [4.78, 5) is 21.6. The first-order valence-electron chi connectivity index (χ1n) is 7.10. The van der Waals surface area contributed by atoms with Crippen LogP contribution in [0.1, 0.15) is 50.6 Å². The van der Waals surface area contributed by atoms with Crippen LogP contribution in [0.25, 0.3) is 11.0 Å². The van der Waals surface area contributed by atoms with E-state index in [1.807, 2.05) is 6.20 Å². The van der Waals surface area contributed by atoms with E-state index in [4.69, 9.17) is 0 Å². The van der Waals surface area contributed by atoms with E-state index in [9.17, 15) is 4.79 Å². The molecular formula is C14H20N4O. The lowest BCUT2D eigenvalue weighted by Crippen LogP contribution is -2.24. The number of nitrogens with one attached hydrogen (secondary N) is 3. The minimum atomic E-state index is -0.100. The quantitative estimate of drug-likeness (QED) is 0.789. The first-order chi connectivity index (χ1) is 9.29. The number of fused-ring (bicyclic) bond motifs is 1. The predicted molar refractivity (Wildman–Crippen MR) is 75.1 cm³/mol. The molecule has 1 fully saturated rings. The van der Waals surface area contributed by atoms with Crippen LogP contribution in [0.2, 0.25) is 0 Å². The minimum absolute atomic E-state index is 0.100. The maximum Gasteiger partial charge on any atom is 0.275 e. The number of rotatable bonds is 4. The Hall–Kier alpha value is -1.62. The fraction of sp³-hybridized carbons (Fsp3) is 0.571. The predicted octanol–water partition coefficient (Wildman–Crippen LogP) is 2.23. The lowest BCUT2D eigenvalue weighted by molar-refractivity contribution is 0.503. The maximum absolute atomic E-state index is 11.7. The van der Waals surface area contributed by atoms with E-state index < -0.39 is 0 Å². The molecule has 0 spiro atoms. The van der Waals surface area contributed by atoms with Crippen LogP contribution in [0.4, 0.5) is 0 Å². The fourth-order valence-electron chi connectivity index (χ4n) is 2.98. The molecule has 0 aromatic carbocycles. The van der Waals surface area contributed by atoms with E-state index in [1.165, 1.54) is 32.0 Å². The molecule has 2 aromatic heterocycles. The number of hydrogen-bond acceptors (Lipinski definition) is 3. The van der Waals surface area contributed by atoms with Crippen molar-refractivity contribution in [3.8, 4) is 0 Å². The van der Waals surface area contributed by atoms with Crippen molar-refractivity contribution >= 4 is 11.0 Å². The Morgan fingerprint density at radius 3 is 3.11 bits per heavy atom. The molecule has 0 amide bonds. The van der Waals surface area contributed by atoms with Gasteiger partial charge in [0, 0.05) is 23.8 Å². The summed E-state index contributed by atoms with van der Waals surface area (Å²) in [6, 6.07) is 0.932. The van der Waals surface area contributed by atoms with E-state index in [-0.39, 0.29) is 5.56 Å². The number of aromatic nitrogens is 3. The molecule has 3 N–H and O–H groups in total. The van der Waals surface area contributed by atoms with Gasteiger partial charge < -0.3 is 15.3 Å². The lowest BCUT2D eigenvalue weighted by atomic mass is 10.1. The van der Waals surface area contributed by atoms with Gasteiger partial charge in [0.25, 0.3) is 5.56 Å². The standard InChI is InChI=1S/C14H20N4O/c1-2-3-4-9-5-6-11(18-9)10-7-15-13-12(10)16-8-17-14(13)19/h7-9,11,15,18H,2-6H2,1H3,(H,16,17,19)/t9-,11-/m1/s1. The van der Waals surface area contributed by atoms with Crippen molar-refractivity contribution in [3.05, 3.63) is 28.4 Å². The van der Waals surface area contributed by atoms with E-state index >= 15 is 0 Å².